The molecule has 5 nitrogen and oxygen atoms in total. The standard InChI is InChI=1S/C30H40O5/c1-23(2)26-13-16-30(35-21-24-8-5-4-6-9-24)27(18-26)22-34-29(19-31)10-7-17-33-20-25-11-14-28(32-3)15-12-25/h4-6,8-9,11-12,14-15,18-19,23,26,29-30H,7,10,13,16-17,20-22H2,1-3H3/t26-,29+,30-/m0/s1. The van der Waals surface area contributed by atoms with Crippen molar-refractivity contribution in [1.29, 1.82) is 0 Å². The SMILES string of the molecule is COc1ccc(COCCC[C@H](C=O)OCC2=C[C@@H](C(C)C)CC[C@@H]2OCc2ccccc2)cc1. The first-order valence-corrected chi connectivity index (χ1v) is 12.7. The third-order valence-corrected chi connectivity index (χ3v) is 6.58. The molecular weight excluding hydrogens is 440 g/mol. The molecule has 0 fully saturated rings. The first-order valence-electron chi connectivity index (χ1n) is 12.7. The van der Waals surface area contributed by atoms with Gasteiger partial charge in [-0.3, -0.25) is 0 Å². The normalized spacial score (nSPS) is 18.8. The first kappa shape index (κ1) is 27.1. The van der Waals surface area contributed by atoms with Crippen molar-refractivity contribution < 1.29 is 23.7 Å². The third kappa shape index (κ3) is 9.25. The van der Waals surface area contributed by atoms with Crippen LogP contribution in [0.4, 0.5) is 0 Å². The summed E-state index contributed by atoms with van der Waals surface area (Å²) in [6, 6.07) is 18.1. The molecule has 35 heavy (non-hydrogen) atoms. The summed E-state index contributed by atoms with van der Waals surface area (Å²) in [5.41, 5.74) is 3.42. The van der Waals surface area contributed by atoms with Gasteiger partial charge in [-0.1, -0.05) is 62.4 Å². The largest absolute Gasteiger partial charge is 0.497 e. The second-order valence-electron chi connectivity index (χ2n) is 9.54. The second-order valence-corrected chi connectivity index (χ2v) is 9.54. The maximum atomic E-state index is 11.7. The van der Waals surface area contributed by atoms with Crippen molar-refractivity contribution in [1.82, 2.24) is 0 Å². The van der Waals surface area contributed by atoms with E-state index in [1.165, 1.54) is 5.56 Å². The number of allylic oxidation sites excluding steroid dienone is 1. The van der Waals surface area contributed by atoms with Crippen molar-refractivity contribution in [3.63, 3.8) is 0 Å². The van der Waals surface area contributed by atoms with Crippen molar-refractivity contribution >= 4 is 6.29 Å². The molecular formula is C30H40O5. The van der Waals surface area contributed by atoms with Gasteiger partial charge in [-0.05, 0) is 66.4 Å². The molecule has 0 aliphatic heterocycles. The van der Waals surface area contributed by atoms with Gasteiger partial charge in [0.05, 0.1) is 33.0 Å². The number of carbonyl (C=O) groups excluding carboxylic acids is 1. The quantitative estimate of drug-likeness (QED) is 0.174. The lowest BCUT2D eigenvalue weighted by atomic mass is 9.82. The lowest BCUT2D eigenvalue weighted by Gasteiger charge is -2.31. The van der Waals surface area contributed by atoms with Gasteiger partial charge in [0.2, 0.25) is 0 Å². The Morgan fingerprint density at radius 1 is 0.943 bits per heavy atom. The van der Waals surface area contributed by atoms with E-state index in [4.69, 9.17) is 18.9 Å². The monoisotopic (exact) mass is 480 g/mol. The van der Waals surface area contributed by atoms with Crippen LogP contribution in [0.15, 0.2) is 66.2 Å². The van der Waals surface area contributed by atoms with Crippen molar-refractivity contribution in [3.05, 3.63) is 77.4 Å². The van der Waals surface area contributed by atoms with Gasteiger partial charge in [-0.2, -0.15) is 0 Å². The zero-order chi connectivity index (χ0) is 24.9. The Hall–Kier alpha value is -2.47. The van der Waals surface area contributed by atoms with Gasteiger partial charge in [-0.15, -0.1) is 0 Å². The first-order chi connectivity index (χ1) is 17.1. The Labute approximate surface area is 210 Å². The van der Waals surface area contributed by atoms with E-state index >= 15 is 0 Å². The number of hydrogen-bond donors (Lipinski definition) is 0. The van der Waals surface area contributed by atoms with Crippen LogP contribution in [0.1, 0.15) is 50.7 Å². The molecule has 0 N–H and O–H groups in total. The lowest BCUT2D eigenvalue weighted by Crippen LogP contribution is -2.28. The molecule has 0 saturated heterocycles. The second kappa shape index (κ2) is 14.8. The summed E-state index contributed by atoms with van der Waals surface area (Å²) in [6.07, 6.45) is 6.33. The molecule has 0 amide bonds. The van der Waals surface area contributed by atoms with Crippen molar-refractivity contribution in [2.24, 2.45) is 11.8 Å². The van der Waals surface area contributed by atoms with Crippen LogP contribution in [0.25, 0.3) is 0 Å². The smallest absolute Gasteiger partial charge is 0.148 e. The summed E-state index contributed by atoms with van der Waals surface area (Å²) in [6.45, 7) is 6.65. The summed E-state index contributed by atoms with van der Waals surface area (Å²) in [7, 11) is 1.66. The van der Waals surface area contributed by atoms with Gasteiger partial charge in [0.1, 0.15) is 18.1 Å². The van der Waals surface area contributed by atoms with E-state index in [0.29, 0.717) is 44.7 Å². The molecule has 0 aromatic heterocycles. The molecule has 5 heteroatoms. The minimum Gasteiger partial charge on any atom is -0.497 e. The minimum absolute atomic E-state index is 0.0327. The predicted molar refractivity (Wildman–Crippen MR) is 138 cm³/mol. The zero-order valence-corrected chi connectivity index (χ0v) is 21.4. The van der Waals surface area contributed by atoms with Gasteiger partial charge in [0.15, 0.2) is 0 Å². The highest BCUT2D eigenvalue weighted by atomic mass is 16.5. The molecule has 0 bridgehead atoms. The maximum absolute atomic E-state index is 11.7. The highest BCUT2D eigenvalue weighted by molar-refractivity contribution is 5.55. The molecule has 3 atom stereocenters. The maximum Gasteiger partial charge on any atom is 0.148 e. The summed E-state index contributed by atoms with van der Waals surface area (Å²) < 4.78 is 23.3. The van der Waals surface area contributed by atoms with E-state index < -0.39 is 6.10 Å². The fourth-order valence-electron chi connectivity index (χ4n) is 4.32. The average Bonchev–Trinajstić information content (AvgIpc) is 2.90. The summed E-state index contributed by atoms with van der Waals surface area (Å²) in [4.78, 5) is 11.7. The van der Waals surface area contributed by atoms with E-state index in [9.17, 15) is 4.79 Å². The molecule has 0 unspecified atom stereocenters. The molecule has 0 spiro atoms. The van der Waals surface area contributed by atoms with Crippen LogP contribution in [0.5, 0.6) is 5.75 Å². The summed E-state index contributed by atoms with van der Waals surface area (Å²) in [5, 5.41) is 0. The Balaban J connectivity index is 1.44. The number of ether oxygens (including phenoxy) is 4. The van der Waals surface area contributed by atoms with Gasteiger partial charge < -0.3 is 23.7 Å². The van der Waals surface area contributed by atoms with E-state index in [1.54, 1.807) is 7.11 Å². The van der Waals surface area contributed by atoms with E-state index in [-0.39, 0.29) is 6.10 Å². The average molecular weight is 481 g/mol. The van der Waals surface area contributed by atoms with Gasteiger partial charge in [-0.25, -0.2) is 0 Å². The molecule has 2 aromatic carbocycles. The fraction of sp³-hybridized carbons (Fsp3) is 0.500. The van der Waals surface area contributed by atoms with Gasteiger partial charge in [0.25, 0.3) is 0 Å². The Bertz CT molecular complexity index is 891. The number of methoxy groups -OCH3 is 1. The summed E-state index contributed by atoms with van der Waals surface area (Å²) in [5.74, 6) is 1.93. The number of hydrogen-bond acceptors (Lipinski definition) is 5. The predicted octanol–water partition coefficient (Wildman–Crippen LogP) is 6.15. The van der Waals surface area contributed by atoms with Crippen molar-refractivity contribution in [3.8, 4) is 5.75 Å². The van der Waals surface area contributed by atoms with Crippen LogP contribution in [0.2, 0.25) is 0 Å². The molecule has 0 saturated carbocycles. The molecule has 0 radical (unpaired) electrons. The zero-order valence-electron chi connectivity index (χ0n) is 21.4. The summed E-state index contributed by atoms with van der Waals surface area (Å²) >= 11 is 0. The number of benzene rings is 2. The molecule has 3 rings (SSSR count). The van der Waals surface area contributed by atoms with E-state index in [2.05, 4.69) is 32.1 Å². The minimum atomic E-state index is -0.435. The number of carbonyl (C=O) groups is 1. The molecule has 190 valence electrons. The Morgan fingerprint density at radius 2 is 1.69 bits per heavy atom. The Kier molecular flexibility index (Phi) is 11.5. The number of rotatable bonds is 15. The van der Waals surface area contributed by atoms with E-state index in [1.807, 2.05) is 42.5 Å². The highest BCUT2D eigenvalue weighted by Gasteiger charge is 2.26. The Morgan fingerprint density at radius 3 is 2.37 bits per heavy atom. The van der Waals surface area contributed by atoms with Gasteiger partial charge in [0, 0.05) is 6.61 Å². The van der Waals surface area contributed by atoms with Crippen LogP contribution in [0, 0.1) is 11.8 Å². The lowest BCUT2D eigenvalue weighted by molar-refractivity contribution is -0.118. The molecule has 1 aliphatic carbocycles. The topological polar surface area (TPSA) is 54.0 Å². The van der Waals surface area contributed by atoms with Crippen molar-refractivity contribution in [2.45, 2.75) is 65.0 Å². The van der Waals surface area contributed by atoms with Gasteiger partial charge >= 0.3 is 0 Å². The number of aldehydes is 1. The fourth-order valence-corrected chi connectivity index (χ4v) is 4.32. The van der Waals surface area contributed by atoms with E-state index in [0.717, 1.165) is 42.4 Å². The highest BCUT2D eigenvalue weighted by Crippen LogP contribution is 2.31. The van der Waals surface area contributed by atoms with Crippen LogP contribution < -0.4 is 4.74 Å². The van der Waals surface area contributed by atoms with Crippen LogP contribution in [-0.2, 0) is 32.2 Å². The van der Waals surface area contributed by atoms with Crippen LogP contribution in [0.3, 0.4) is 0 Å². The molecule has 1 aliphatic rings. The molecule has 2 aromatic rings. The van der Waals surface area contributed by atoms with Crippen LogP contribution >= 0.6 is 0 Å². The molecule has 0 heterocycles. The van der Waals surface area contributed by atoms with Crippen LogP contribution in [-0.4, -0.2) is 38.8 Å². The van der Waals surface area contributed by atoms with Crippen molar-refractivity contribution in [2.75, 3.05) is 20.3 Å². The third-order valence-electron chi connectivity index (χ3n) is 6.58.